The van der Waals surface area contributed by atoms with Crippen molar-refractivity contribution in [1.82, 2.24) is 4.90 Å². The fraction of sp³-hybridized carbons (Fsp3) is 0.545. The molecule has 7 nitrogen and oxygen atoms in total. The van der Waals surface area contributed by atoms with E-state index in [1.54, 1.807) is 12.3 Å². The minimum atomic E-state index is -1.53. The quantitative estimate of drug-likeness (QED) is 0.351. The van der Waals surface area contributed by atoms with Crippen molar-refractivity contribution in [3.63, 3.8) is 0 Å². The van der Waals surface area contributed by atoms with E-state index >= 15 is 0 Å². The second-order valence-electron chi connectivity index (χ2n) is 4.63. The Bertz CT molecular complexity index is 419. The van der Waals surface area contributed by atoms with Crippen LogP contribution in [0.25, 0.3) is 0 Å². The van der Waals surface area contributed by atoms with Crippen LogP contribution in [0.4, 0.5) is 0 Å². The summed E-state index contributed by atoms with van der Waals surface area (Å²) in [6.45, 7) is 4.83. The molecular formula is C11H18N3O4+. The minimum Gasteiger partial charge on any atom is -0.394 e. The number of nitrogens with zero attached hydrogens (tertiary/aromatic N) is 1. The minimum absolute atomic E-state index is 0.375. The maximum Gasteiger partial charge on any atom is 0.220 e. The first-order chi connectivity index (χ1) is 8.37. The SMILES string of the molecule is C=C1[NH+]=C(N)C=CN1C1OC(CO)[C@@H](O)C1(C)O. The molecule has 0 spiro atoms. The number of nitrogens with two attached hydrogens (primary N) is 1. The Morgan fingerprint density at radius 2 is 2.33 bits per heavy atom. The van der Waals surface area contributed by atoms with Crippen LogP contribution in [-0.2, 0) is 4.74 Å². The lowest BCUT2D eigenvalue weighted by molar-refractivity contribution is -0.427. The smallest absolute Gasteiger partial charge is 0.220 e. The zero-order valence-corrected chi connectivity index (χ0v) is 10.1. The average molecular weight is 256 g/mol. The third-order valence-corrected chi connectivity index (χ3v) is 3.20. The molecule has 0 aromatic carbocycles. The first kappa shape index (κ1) is 13.0. The molecule has 3 unspecified atom stereocenters. The van der Waals surface area contributed by atoms with Crippen molar-refractivity contribution in [3.05, 3.63) is 24.7 Å². The summed E-state index contributed by atoms with van der Waals surface area (Å²) in [5.41, 5.74) is 4.04. The molecule has 0 aromatic heterocycles. The van der Waals surface area contributed by atoms with Gasteiger partial charge >= 0.3 is 0 Å². The van der Waals surface area contributed by atoms with E-state index in [1.165, 1.54) is 11.8 Å². The van der Waals surface area contributed by atoms with E-state index in [0.29, 0.717) is 11.7 Å². The summed E-state index contributed by atoms with van der Waals surface area (Å²) in [7, 11) is 0. The molecule has 2 aliphatic heterocycles. The van der Waals surface area contributed by atoms with E-state index < -0.39 is 24.0 Å². The maximum absolute atomic E-state index is 10.3. The number of rotatable bonds is 2. The molecule has 7 heteroatoms. The summed E-state index contributed by atoms with van der Waals surface area (Å²) in [6, 6.07) is 0. The van der Waals surface area contributed by atoms with Crippen LogP contribution in [0.2, 0.25) is 0 Å². The molecule has 1 fully saturated rings. The second-order valence-corrected chi connectivity index (χ2v) is 4.63. The molecule has 18 heavy (non-hydrogen) atoms. The van der Waals surface area contributed by atoms with Crippen LogP contribution in [0.1, 0.15) is 6.92 Å². The van der Waals surface area contributed by atoms with Crippen LogP contribution in [0.3, 0.4) is 0 Å². The third-order valence-electron chi connectivity index (χ3n) is 3.20. The van der Waals surface area contributed by atoms with Gasteiger partial charge in [-0.15, -0.1) is 0 Å². The highest BCUT2D eigenvalue weighted by atomic mass is 16.6. The molecular weight excluding hydrogens is 238 g/mol. The molecule has 4 atom stereocenters. The third kappa shape index (κ3) is 1.91. The summed E-state index contributed by atoms with van der Waals surface area (Å²) < 4.78 is 5.46. The van der Waals surface area contributed by atoms with Crippen molar-refractivity contribution in [2.75, 3.05) is 6.61 Å². The Balaban J connectivity index is 2.25. The number of hydrogen-bond donors (Lipinski definition) is 5. The van der Waals surface area contributed by atoms with Crippen LogP contribution in [0, 0.1) is 0 Å². The van der Waals surface area contributed by atoms with E-state index in [-0.39, 0.29) is 6.61 Å². The number of hydrogen-bond acceptors (Lipinski definition) is 6. The van der Waals surface area contributed by atoms with Crippen molar-refractivity contribution in [2.45, 2.75) is 31.0 Å². The molecule has 6 N–H and O–H groups in total. The van der Waals surface area contributed by atoms with Gasteiger partial charge in [-0.05, 0) is 13.5 Å². The Labute approximate surface area is 104 Å². The van der Waals surface area contributed by atoms with E-state index in [2.05, 4.69) is 11.6 Å². The molecule has 1 saturated heterocycles. The highest BCUT2D eigenvalue weighted by Crippen LogP contribution is 2.33. The predicted octanol–water partition coefficient (Wildman–Crippen LogP) is -3.45. The Morgan fingerprint density at radius 3 is 2.83 bits per heavy atom. The van der Waals surface area contributed by atoms with Crippen LogP contribution in [0.15, 0.2) is 24.7 Å². The standard InChI is InChI=1S/C11H17N3O4/c1-6-13-8(12)3-4-14(6)10-11(2,17)9(16)7(5-15)18-10/h3-4,7,9-10,15-17H,1,5H2,2H3,(H2,12,13)/p+1/t7?,9-,10?,11?/m1/s1. The van der Waals surface area contributed by atoms with Gasteiger partial charge in [0.15, 0.2) is 0 Å². The molecule has 2 aliphatic rings. The number of ether oxygens (including phenoxy) is 1. The first-order valence-electron chi connectivity index (χ1n) is 5.59. The predicted molar refractivity (Wildman–Crippen MR) is 62.7 cm³/mol. The van der Waals surface area contributed by atoms with Crippen molar-refractivity contribution in [3.8, 4) is 0 Å². The Kier molecular flexibility index (Phi) is 3.16. The van der Waals surface area contributed by atoms with Crippen LogP contribution >= 0.6 is 0 Å². The number of amidine groups is 1. The molecule has 0 radical (unpaired) electrons. The van der Waals surface area contributed by atoms with Crippen molar-refractivity contribution >= 4 is 5.84 Å². The zero-order chi connectivity index (χ0) is 13.5. The molecule has 2 heterocycles. The number of aliphatic hydroxyl groups excluding tert-OH is 2. The van der Waals surface area contributed by atoms with Gasteiger partial charge in [0.05, 0.1) is 12.8 Å². The van der Waals surface area contributed by atoms with Gasteiger partial charge in [-0.3, -0.25) is 0 Å². The largest absolute Gasteiger partial charge is 0.394 e. The monoisotopic (exact) mass is 256 g/mol. The lowest BCUT2D eigenvalue weighted by Gasteiger charge is -2.31. The lowest BCUT2D eigenvalue weighted by Crippen LogP contribution is -2.78. The Hall–Kier alpha value is -1.41. The van der Waals surface area contributed by atoms with Gasteiger partial charge in [-0.1, -0.05) is 0 Å². The molecule has 0 aliphatic carbocycles. The number of nitrogens with one attached hydrogen (secondary N) is 1. The highest BCUT2D eigenvalue weighted by Gasteiger charge is 2.56. The van der Waals surface area contributed by atoms with Gasteiger partial charge in [-0.2, -0.15) is 0 Å². The van der Waals surface area contributed by atoms with Crippen LogP contribution in [0.5, 0.6) is 0 Å². The van der Waals surface area contributed by atoms with Gasteiger partial charge < -0.3 is 25.8 Å². The maximum atomic E-state index is 10.3. The normalized spacial score (nSPS) is 40.2. The van der Waals surface area contributed by atoms with Gasteiger partial charge in [-0.25, -0.2) is 9.89 Å². The zero-order valence-electron chi connectivity index (χ0n) is 10.1. The van der Waals surface area contributed by atoms with Crippen molar-refractivity contribution in [2.24, 2.45) is 5.73 Å². The van der Waals surface area contributed by atoms with E-state index in [4.69, 9.17) is 15.6 Å². The summed E-state index contributed by atoms with van der Waals surface area (Å²) in [6.07, 6.45) is 0.312. The van der Waals surface area contributed by atoms with Crippen LogP contribution in [-0.4, -0.2) is 56.7 Å². The van der Waals surface area contributed by atoms with E-state index in [1.807, 2.05) is 0 Å². The fourth-order valence-corrected chi connectivity index (χ4v) is 2.13. The molecule has 0 amide bonds. The van der Waals surface area contributed by atoms with Gasteiger partial charge in [0, 0.05) is 6.08 Å². The first-order valence-corrected chi connectivity index (χ1v) is 5.59. The topological polar surface area (TPSA) is 113 Å². The van der Waals surface area contributed by atoms with Gasteiger partial charge in [0.1, 0.15) is 17.8 Å². The summed E-state index contributed by atoms with van der Waals surface area (Å²) in [5.74, 6) is 0.846. The van der Waals surface area contributed by atoms with E-state index in [0.717, 1.165) is 0 Å². The average Bonchev–Trinajstić information content (AvgIpc) is 2.52. The molecule has 0 bridgehead atoms. The number of aliphatic hydroxyl groups is 3. The molecule has 100 valence electrons. The highest BCUT2D eigenvalue weighted by molar-refractivity contribution is 5.86. The molecule has 0 saturated carbocycles. The van der Waals surface area contributed by atoms with Crippen molar-refractivity contribution < 1.29 is 25.0 Å². The molecule has 0 aromatic rings. The van der Waals surface area contributed by atoms with Gasteiger partial charge in [0.2, 0.25) is 17.9 Å². The summed E-state index contributed by atoms with van der Waals surface area (Å²) in [4.78, 5) is 4.32. The summed E-state index contributed by atoms with van der Waals surface area (Å²) in [5, 5.41) is 29.3. The fourth-order valence-electron chi connectivity index (χ4n) is 2.13. The second kappa shape index (κ2) is 4.36. The molecule has 2 rings (SSSR count). The van der Waals surface area contributed by atoms with Crippen LogP contribution < -0.4 is 10.7 Å². The van der Waals surface area contributed by atoms with Gasteiger partial charge in [0.25, 0.3) is 0 Å². The Morgan fingerprint density at radius 1 is 1.67 bits per heavy atom. The van der Waals surface area contributed by atoms with E-state index in [9.17, 15) is 10.2 Å². The van der Waals surface area contributed by atoms with Crippen molar-refractivity contribution in [1.29, 1.82) is 0 Å². The lowest BCUT2D eigenvalue weighted by atomic mass is 9.96. The summed E-state index contributed by atoms with van der Waals surface area (Å²) >= 11 is 0.